The summed E-state index contributed by atoms with van der Waals surface area (Å²) in [6.45, 7) is 5.31. The van der Waals surface area contributed by atoms with Crippen molar-refractivity contribution in [2.24, 2.45) is 10.5 Å². The summed E-state index contributed by atoms with van der Waals surface area (Å²) in [6, 6.07) is 6.23. The van der Waals surface area contributed by atoms with E-state index in [2.05, 4.69) is 9.84 Å². The maximum Gasteiger partial charge on any atom is 0.354 e. The van der Waals surface area contributed by atoms with E-state index in [1.807, 2.05) is 0 Å². The van der Waals surface area contributed by atoms with Crippen LogP contribution in [0.1, 0.15) is 37.6 Å². The molecule has 0 saturated carbocycles. The lowest BCUT2D eigenvalue weighted by Crippen LogP contribution is -2.55. The molecule has 1 aliphatic heterocycles. The third-order valence-corrected chi connectivity index (χ3v) is 4.14. The first kappa shape index (κ1) is 17.4. The molecular weight excluding hydrogens is 320 g/mol. The summed E-state index contributed by atoms with van der Waals surface area (Å²) in [5.41, 5.74) is -2.04. The summed E-state index contributed by atoms with van der Waals surface area (Å²) >= 11 is 5.83. The van der Waals surface area contributed by atoms with Crippen LogP contribution in [0.25, 0.3) is 0 Å². The number of aliphatic hydroxyl groups is 1. The number of rotatable bonds is 2. The van der Waals surface area contributed by atoms with E-state index >= 15 is 0 Å². The van der Waals surface area contributed by atoms with Gasteiger partial charge in [0.15, 0.2) is 11.4 Å². The van der Waals surface area contributed by atoms with Crippen LogP contribution in [-0.2, 0) is 9.53 Å². The lowest BCUT2D eigenvalue weighted by Gasteiger charge is -2.41. The first-order chi connectivity index (χ1) is 10.6. The van der Waals surface area contributed by atoms with Gasteiger partial charge in [0.05, 0.1) is 7.11 Å². The van der Waals surface area contributed by atoms with Crippen LogP contribution in [0.2, 0.25) is 5.02 Å². The van der Waals surface area contributed by atoms with Gasteiger partial charge in [-0.15, -0.1) is 0 Å². The van der Waals surface area contributed by atoms with E-state index in [1.54, 1.807) is 45.0 Å². The van der Waals surface area contributed by atoms with Gasteiger partial charge in [-0.25, -0.2) is 4.79 Å². The van der Waals surface area contributed by atoms with Gasteiger partial charge in [0, 0.05) is 22.4 Å². The van der Waals surface area contributed by atoms with E-state index < -0.39 is 23.0 Å². The third-order valence-electron chi connectivity index (χ3n) is 3.89. The Morgan fingerprint density at radius 2 is 1.87 bits per heavy atom. The van der Waals surface area contributed by atoms with Crippen LogP contribution < -0.4 is 0 Å². The molecule has 1 aliphatic rings. The van der Waals surface area contributed by atoms with Crippen molar-refractivity contribution in [3.63, 3.8) is 0 Å². The number of amides is 1. The van der Waals surface area contributed by atoms with E-state index in [0.717, 1.165) is 5.01 Å². The minimum atomic E-state index is -1.63. The molecule has 1 N–H and O–H groups in total. The SMILES string of the molecule is COC(=O)C1=NN(C(=O)c2ccc(Cl)cc2)[C@@](O)(C(C)(C)C)C1. The van der Waals surface area contributed by atoms with Crippen LogP contribution in [0.5, 0.6) is 0 Å². The van der Waals surface area contributed by atoms with Gasteiger partial charge in [-0.05, 0) is 24.3 Å². The molecule has 23 heavy (non-hydrogen) atoms. The van der Waals surface area contributed by atoms with Gasteiger partial charge in [0.1, 0.15) is 0 Å². The predicted octanol–water partition coefficient (Wildman–Crippen LogP) is 2.45. The number of hydrogen-bond acceptors (Lipinski definition) is 5. The minimum Gasteiger partial charge on any atom is -0.464 e. The highest BCUT2D eigenvalue weighted by Crippen LogP contribution is 2.41. The number of carbonyl (C=O) groups is 2. The summed E-state index contributed by atoms with van der Waals surface area (Å²) < 4.78 is 4.65. The first-order valence-corrected chi connectivity index (χ1v) is 7.46. The molecule has 1 aromatic carbocycles. The Balaban J connectivity index is 2.45. The molecule has 0 fully saturated rings. The Kier molecular flexibility index (Phi) is 4.50. The van der Waals surface area contributed by atoms with Crippen LogP contribution in [0.4, 0.5) is 0 Å². The molecule has 0 aliphatic carbocycles. The molecule has 0 bridgehead atoms. The molecule has 0 unspecified atom stereocenters. The maximum absolute atomic E-state index is 12.7. The summed E-state index contributed by atoms with van der Waals surface area (Å²) in [7, 11) is 1.23. The first-order valence-electron chi connectivity index (χ1n) is 7.08. The lowest BCUT2D eigenvalue weighted by molar-refractivity contribution is -0.144. The maximum atomic E-state index is 12.7. The third kappa shape index (κ3) is 3.09. The number of ether oxygens (including phenoxy) is 1. The van der Waals surface area contributed by atoms with Gasteiger partial charge in [-0.3, -0.25) is 4.79 Å². The van der Waals surface area contributed by atoms with E-state index in [-0.39, 0.29) is 12.1 Å². The van der Waals surface area contributed by atoms with Crippen LogP contribution in [0.15, 0.2) is 29.4 Å². The van der Waals surface area contributed by atoms with Gasteiger partial charge < -0.3 is 9.84 Å². The molecule has 124 valence electrons. The van der Waals surface area contributed by atoms with Crippen molar-refractivity contribution in [1.29, 1.82) is 0 Å². The Morgan fingerprint density at radius 1 is 1.30 bits per heavy atom. The standard InChI is InChI=1S/C16H19ClN2O4/c1-15(2,3)16(22)9-12(14(21)23-4)18-19(16)13(20)10-5-7-11(17)8-6-10/h5-8,22H,9H2,1-4H3/t16-/m0/s1. The van der Waals surface area contributed by atoms with Gasteiger partial charge in [0.25, 0.3) is 5.91 Å². The molecule has 1 atom stereocenters. The predicted molar refractivity (Wildman–Crippen MR) is 86.1 cm³/mol. The molecule has 1 heterocycles. The van der Waals surface area contributed by atoms with E-state index in [0.29, 0.717) is 10.6 Å². The molecule has 0 aromatic heterocycles. The highest BCUT2D eigenvalue weighted by molar-refractivity contribution is 6.37. The molecular formula is C16H19ClN2O4. The van der Waals surface area contributed by atoms with Crippen molar-refractivity contribution in [3.05, 3.63) is 34.9 Å². The fourth-order valence-electron chi connectivity index (χ4n) is 2.29. The van der Waals surface area contributed by atoms with Crippen molar-refractivity contribution in [2.75, 3.05) is 7.11 Å². The van der Waals surface area contributed by atoms with Gasteiger partial charge in [-0.2, -0.15) is 10.1 Å². The second kappa shape index (κ2) is 5.94. The van der Waals surface area contributed by atoms with E-state index in [1.165, 1.54) is 7.11 Å². The molecule has 6 nitrogen and oxygen atoms in total. The summed E-state index contributed by atoms with van der Waals surface area (Å²) in [5.74, 6) is -1.18. The van der Waals surface area contributed by atoms with Crippen molar-refractivity contribution < 1.29 is 19.4 Å². The van der Waals surface area contributed by atoms with Gasteiger partial charge in [-0.1, -0.05) is 32.4 Å². The molecule has 7 heteroatoms. The van der Waals surface area contributed by atoms with Crippen molar-refractivity contribution in [1.82, 2.24) is 5.01 Å². The van der Waals surface area contributed by atoms with Gasteiger partial charge >= 0.3 is 5.97 Å². The highest BCUT2D eigenvalue weighted by atomic mass is 35.5. The highest BCUT2D eigenvalue weighted by Gasteiger charge is 2.54. The molecule has 0 radical (unpaired) electrons. The van der Waals surface area contributed by atoms with Crippen LogP contribution in [-0.4, -0.2) is 40.5 Å². The number of methoxy groups -OCH3 is 1. The number of hydrogen-bond donors (Lipinski definition) is 1. The number of benzene rings is 1. The molecule has 1 aromatic rings. The largest absolute Gasteiger partial charge is 0.464 e. The molecule has 0 spiro atoms. The summed E-state index contributed by atoms with van der Waals surface area (Å²) in [4.78, 5) is 24.5. The average molecular weight is 339 g/mol. The second-order valence-electron chi connectivity index (χ2n) is 6.41. The number of hydrazone groups is 1. The summed E-state index contributed by atoms with van der Waals surface area (Å²) in [5, 5.41) is 16.5. The van der Waals surface area contributed by atoms with Crippen molar-refractivity contribution >= 4 is 29.2 Å². The number of halogens is 1. The molecule has 0 saturated heterocycles. The Bertz CT molecular complexity index is 664. The van der Waals surface area contributed by atoms with E-state index in [4.69, 9.17) is 11.6 Å². The van der Waals surface area contributed by atoms with Crippen molar-refractivity contribution in [2.45, 2.75) is 32.9 Å². The van der Waals surface area contributed by atoms with Crippen LogP contribution >= 0.6 is 11.6 Å². The van der Waals surface area contributed by atoms with Crippen molar-refractivity contribution in [3.8, 4) is 0 Å². The normalized spacial score (nSPS) is 21.1. The number of esters is 1. The Hall–Kier alpha value is -1.92. The molecule has 1 amide bonds. The number of nitrogens with zero attached hydrogens (tertiary/aromatic N) is 2. The second-order valence-corrected chi connectivity index (χ2v) is 6.84. The minimum absolute atomic E-state index is 0.00670. The molecule has 2 rings (SSSR count). The van der Waals surface area contributed by atoms with Crippen LogP contribution in [0.3, 0.4) is 0 Å². The zero-order valence-corrected chi connectivity index (χ0v) is 14.2. The smallest absolute Gasteiger partial charge is 0.354 e. The monoisotopic (exact) mass is 338 g/mol. The average Bonchev–Trinajstić information content (AvgIpc) is 2.85. The zero-order chi connectivity index (χ0) is 17.4. The summed E-state index contributed by atoms with van der Waals surface area (Å²) in [6.07, 6.45) is -0.0947. The topological polar surface area (TPSA) is 79.2 Å². The fraction of sp³-hybridized carbons (Fsp3) is 0.438. The van der Waals surface area contributed by atoms with Gasteiger partial charge in [0.2, 0.25) is 0 Å². The zero-order valence-electron chi connectivity index (χ0n) is 13.5. The fourth-order valence-corrected chi connectivity index (χ4v) is 2.41. The van der Waals surface area contributed by atoms with Crippen LogP contribution in [0, 0.1) is 5.41 Å². The lowest BCUT2D eigenvalue weighted by atomic mass is 9.80. The quantitative estimate of drug-likeness (QED) is 0.840. The Labute approximate surface area is 139 Å². The van der Waals surface area contributed by atoms with E-state index in [9.17, 15) is 14.7 Å². The number of carbonyl (C=O) groups excluding carboxylic acids is 2. The Morgan fingerprint density at radius 3 is 2.35 bits per heavy atom.